The van der Waals surface area contributed by atoms with Crippen molar-refractivity contribution >= 4 is 52.4 Å². The zero-order valence-corrected chi connectivity index (χ0v) is 22.2. The second kappa shape index (κ2) is 10.8. The van der Waals surface area contributed by atoms with Crippen LogP contribution < -0.4 is 10.2 Å². The molecule has 3 aliphatic heterocycles. The van der Waals surface area contributed by atoms with Crippen molar-refractivity contribution < 1.29 is 14.4 Å². The number of urea groups is 1. The minimum Gasteiger partial charge on any atom is -0.341 e. The van der Waals surface area contributed by atoms with E-state index in [0.717, 1.165) is 38.0 Å². The van der Waals surface area contributed by atoms with Gasteiger partial charge in [-0.2, -0.15) is 0 Å². The van der Waals surface area contributed by atoms with Gasteiger partial charge < -0.3 is 24.9 Å². The van der Waals surface area contributed by atoms with E-state index in [9.17, 15) is 14.4 Å². The van der Waals surface area contributed by atoms with Crippen molar-refractivity contribution in [1.82, 2.24) is 14.7 Å². The second-order valence-electron chi connectivity index (χ2n) is 9.89. The van der Waals surface area contributed by atoms with Gasteiger partial charge in [0.25, 0.3) is 5.91 Å². The topological polar surface area (TPSA) is 76.2 Å². The molecule has 10 heteroatoms. The lowest BCUT2D eigenvalue weighted by Gasteiger charge is -2.43. The fraction of sp³-hybridized carbons (Fsp3) is 0.444. The van der Waals surface area contributed by atoms with Gasteiger partial charge in [0, 0.05) is 31.9 Å². The maximum absolute atomic E-state index is 13.9. The Balaban J connectivity index is 1.32. The predicted octanol–water partition coefficient (Wildman–Crippen LogP) is 4.68. The summed E-state index contributed by atoms with van der Waals surface area (Å²) >= 11 is 12.5. The third-order valence-corrected chi connectivity index (χ3v) is 8.32. The summed E-state index contributed by atoms with van der Waals surface area (Å²) in [7, 11) is 0. The van der Waals surface area contributed by atoms with Gasteiger partial charge in [-0.1, -0.05) is 47.5 Å². The summed E-state index contributed by atoms with van der Waals surface area (Å²) in [5, 5.41) is 3.55. The Hall–Kier alpha value is -2.97. The minimum absolute atomic E-state index is 0.00606. The lowest BCUT2D eigenvalue weighted by atomic mass is 9.85. The number of nitrogens with one attached hydrogen (secondary N) is 1. The van der Waals surface area contributed by atoms with Crippen LogP contribution in [0.3, 0.4) is 0 Å². The van der Waals surface area contributed by atoms with Crippen molar-refractivity contribution in [3.05, 3.63) is 58.6 Å². The zero-order chi connectivity index (χ0) is 26.0. The molecule has 1 spiro atoms. The van der Waals surface area contributed by atoms with Gasteiger partial charge in [0.05, 0.1) is 22.4 Å². The van der Waals surface area contributed by atoms with E-state index in [4.69, 9.17) is 23.2 Å². The summed E-state index contributed by atoms with van der Waals surface area (Å²) < 4.78 is 0. The lowest BCUT2D eigenvalue weighted by molar-refractivity contribution is -0.141. The van der Waals surface area contributed by atoms with Crippen LogP contribution in [0, 0.1) is 0 Å². The first kappa shape index (κ1) is 25.7. The third kappa shape index (κ3) is 5.09. The molecule has 2 aromatic rings. The van der Waals surface area contributed by atoms with Crippen molar-refractivity contribution in [3.8, 4) is 0 Å². The highest BCUT2D eigenvalue weighted by molar-refractivity contribution is 6.39. The summed E-state index contributed by atoms with van der Waals surface area (Å²) in [5.74, 6) is -0.0394. The molecule has 4 amide bonds. The molecule has 37 heavy (non-hydrogen) atoms. The molecule has 0 saturated carbocycles. The quantitative estimate of drug-likeness (QED) is 0.607. The maximum atomic E-state index is 13.9. The monoisotopic (exact) mass is 543 g/mol. The van der Waals surface area contributed by atoms with Crippen LogP contribution in [0.5, 0.6) is 0 Å². The number of rotatable bonds is 4. The van der Waals surface area contributed by atoms with Gasteiger partial charge in [-0.15, -0.1) is 0 Å². The molecule has 3 aliphatic rings. The molecule has 196 valence electrons. The number of halogens is 2. The Morgan fingerprint density at radius 2 is 1.49 bits per heavy atom. The van der Waals surface area contributed by atoms with Gasteiger partial charge in [0.1, 0.15) is 12.1 Å². The Labute approximate surface area is 227 Å². The van der Waals surface area contributed by atoms with Crippen LogP contribution >= 0.6 is 23.2 Å². The molecule has 0 unspecified atom stereocenters. The molecule has 0 bridgehead atoms. The largest absolute Gasteiger partial charge is 0.341 e. The van der Waals surface area contributed by atoms with E-state index in [2.05, 4.69) is 10.2 Å². The molecule has 8 nitrogen and oxygen atoms in total. The molecule has 2 aromatic carbocycles. The highest BCUT2D eigenvalue weighted by atomic mass is 35.5. The summed E-state index contributed by atoms with van der Waals surface area (Å²) in [6.07, 6.45) is 4.08. The second-order valence-corrected chi connectivity index (χ2v) is 10.7. The number of amides is 4. The van der Waals surface area contributed by atoms with Gasteiger partial charge in [-0.05, 0) is 56.4 Å². The first-order valence-corrected chi connectivity index (χ1v) is 13.5. The van der Waals surface area contributed by atoms with E-state index in [1.54, 1.807) is 28.0 Å². The molecular formula is C27H31Cl2N5O3. The summed E-state index contributed by atoms with van der Waals surface area (Å²) in [6, 6.07) is 14.6. The average Bonchev–Trinajstić information content (AvgIpc) is 3.18. The van der Waals surface area contributed by atoms with Crippen LogP contribution in [-0.4, -0.2) is 77.5 Å². The van der Waals surface area contributed by atoms with Gasteiger partial charge in [-0.3, -0.25) is 9.59 Å². The number of benzene rings is 2. The predicted molar refractivity (Wildman–Crippen MR) is 145 cm³/mol. The molecule has 5 rings (SSSR count). The summed E-state index contributed by atoms with van der Waals surface area (Å²) in [6.45, 7) is 2.72. The third-order valence-electron chi connectivity index (χ3n) is 7.69. The van der Waals surface area contributed by atoms with Crippen molar-refractivity contribution in [2.24, 2.45) is 0 Å². The normalized spacial score (nSPS) is 19.5. The first-order chi connectivity index (χ1) is 17.9. The smallest absolute Gasteiger partial charge is 0.321 e. The molecule has 0 aliphatic carbocycles. The fourth-order valence-corrected chi connectivity index (χ4v) is 6.10. The van der Waals surface area contributed by atoms with E-state index in [1.165, 1.54) is 0 Å². The molecular weight excluding hydrogens is 513 g/mol. The van der Waals surface area contributed by atoms with Gasteiger partial charge in [0.15, 0.2) is 0 Å². The number of hydrogen-bond acceptors (Lipinski definition) is 4. The van der Waals surface area contributed by atoms with Crippen molar-refractivity contribution in [2.75, 3.05) is 49.6 Å². The first-order valence-electron chi connectivity index (χ1n) is 12.8. The Morgan fingerprint density at radius 1 is 0.838 bits per heavy atom. The number of piperidine rings is 2. The Bertz CT molecular complexity index is 1140. The van der Waals surface area contributed by atoms with Crippen molar-refractivity contribution in [3.63, 3.8) is 0 Å². The number of nitrogens with zero attached hydrogens (tertiary/aromatic N) is 4. The van der Waals surface area contributed by atoms with Gasteiger partial charge in [-0.25, -0.2) is 4.79 Å². The van der Waals surface area contributed by atoms with Crippen molar-refractivity contribution in [1.29, 1.82) is 0 Å². The van der Waals surface area contributed by atoms with E-state index < -0.39 is 5.54 Å². The fourth-order valence-electron chi connectivity index (χ4n) is 5.61. The standard InChI is InChI=1S/C27H31Cl2N5O3/c28-21-10-7-11-22(29)24(21)30-26(37)32-16-12-27(13-17-32)25(36)33(18-23(35)31-14-5-2-6-15-31)19-34(27)20-8-3-1-4-9-20/h1,3-4,7-11H,2,5-6,12-19H2,(H,30,37). The van der Waals surface area contributed by atoms with E-state index in [1.807, 2.05) is 35.2 Å². The molecule has 3 heterocycles. The number of likely N-dealkylation sites (tertiary alicyclic amines) is 2. The zero-order valence-electron chi connectivity index (χ0n) is 20.7. The van der Waals surface area contributed by atoms with E-state index in [-0.39, 0.29) is 24.4 Å². The molecule has 3 saturated heterocycles. The van der Waals surface area contributed by atoms with Crippen LogP contribution in [0.2, 0.25) is 10.0 Å². The van der Waals surface area contributed by atoms with Crippen LogP contribution in [0.15, 0.2) is 48.5 Å². The Morgan fingerprint density at radius 3 is 2.14 bits per heavy atom. The highest BCUT2D eigenvalue weighted by Gasteiger charge is 2.54. The molecule has 0 aromatic heterocycles. The number of carbonyl (C=O) groups is 3. The molecule has 1 N–H and O–H groups in total. The summed E-state index contributed by atoms with van der Waals surface area (Å²) in [4.78, 5) is 47.3. The van der Waals surface area contributed by atoms with Gasteiger partial charge >= 0.3 is 6.03 Å². The maximum Gasteiger partial charge on any atom is 0.321 e. The van der Waals surface area contributed by atoms with Crippen LogP contribution in [0.25, 0.3) is 0 Å². The van der Waals surface area contributed by atoms with E-state index >= 15 is 0 Å². The number of para-hydroxylation sites is 2. The van der Waals surface area contributed by atoms with Crippen LogP contribution in [0.1, 0.15) is 32.1 Å². The van der Waals surface area contributed by atoms with Gasteiger partial charge in [0.2, 0.25) is 5.91 Å². The van der Waals surface area contributed by atoms with Crippen LogP contribution in [0.4, 0.5) is 16.2 Å². The van der Waals surface area contributed by atoms with E-state index in [0.29, 0.717) is 48.3 Å². The van der Waals surface area contributed by atoms with Crippen LogP contribution in [-0.2, 0) is 9.59 Å². The highest BCUT2D eigenvalue weighted by Crippen LogP contribution is 2.40. The molecule has 0 radical (unpaired) electrons. The number of carbonyl (C=O) groups excluding carboxylic acids is 3. The number of hydrogen-bond donors (Lipinski definition) is 1. The molecule has 0 atom stereocenters. The molecule has 3 fully saturated rings. The Kier molecular flexibility index (Phi) is 7.49. The van der Waals surface area contributed by atoms with Crippen molar-refractivity contribution in [2.45, 2.75) is 37.6 Å². The summed E-state index contributed by atoms with van der Waals surface area (Å²) in [5.41, 5.74) is 0.508. The average molecular weight is 544 g/mol. The number of anilines is 2. The lowest BCUT2D eigenvalue weighted by Crippen LogP contribution is -2.58. The minimum atomic E-state index is -0.803. The SMILES string of the molecule is O=C(CN1CN(c2ccccc2)C2(CCN(C(=O)Nc3c(Cl)cccc3Cl)CC2)C1=O)N1CCCCC1.